The highest BCUT2D eigenvalue weighted by Crippen LogP contribution is 2.37. The first-order valence-electron chi connectivity index (χ1n) is 11.2. The van der Waals surface area contributed by atoms with Crippen molar-refractivity contribution in [3.05, 3.63) is 64.9 Å². The number of aryl methyl sites for hydroxylation is 2. The second kappa shape index (κ2) is 9.17. The maximum atomic E-state index is 13.7. The lowest BCUT2D eigenvalue weighted by Gasteiger charge is -2.34. The topological polar surface area (TPSA) is 70.1 Å². The number of likely N-dealkylation sites (tertiary alicyclic amines) is 1. The molecule has 0 spiro atoms. The van der Waals surface area contributed by atoms with E-state index in [1.54, 1.807) is 24.3 Å². The van der Waals surface area contributed by atoms with Crippen molar-refractivity contribution in [1.82, 2.24) is 4.90 Å². The molecule has 2 aliphatic rings. The summed E-state index contributed by atoms with van der Waals surface area (Å²) in [7, 11) is 0. The maximum Gasteiger partial charge on any atom is 0.282 e. The van der Waals surface area contributed by atoms with E-state index in [-0.39, 0.29) is 24.3 Å². The summed E-state index contributed by atoms with van der Waals surface area (Å²) in [6.07, 6.45) is 1.80. The zero-order chi connectivity index (χ0) is 22.8. The lowest BCUT2D eigenvalue weighted by Crippen LogP contribution is -2.40. The lowest BCUT2D eigenvalue weighted by atomic mass is 9.96. The summed E-state index contributed by atoms with van der Waals surface area (Å²) in [5.74, 6) is 0.161. The van der Waals surface area contributed by atoms with E-state index in [1.807, 2.05) is 43.9 Å². The molecule has 0 aliphatic carbocycles. The van der Waals surface area contributed by atoms with Crippen molar-refractivity contribution in [3.8, 4) is 5.75 Å². The summed E-state index contributed by atoms with van der Waals surface area (Å²) in [4.78, 5) is 30.6. The molecule has 1 saturated heterocycles. The summed E-state index contributed by atoms with van der Waals surface area (Å²) >= 11 is 0. The molecule has 0 saturated carbocycles. The van der Waals surface area contributed by atoms with Gasteiger partial charge in [0.05, 0.1) is 17.9 Å². The number of imide groups is 1. The Kier molecular flexibility index (Phi) is 6.33. The minimum absolute atomic E-state index is 0.0769. The van der Waals surface area contributed by atoms with Gasteiger partial charge in [0.15, 0.2) is 0 Å². The molecule has 2 amide bonds. The molecular weight excluding hydrogens is 404 g/mol. The van der Waals surface area contributed by atoms with E-state index in [0.29, 0.717) is 42.4 Å². The quantitative estimate of drug-likeness (QED) is 0.703. The lowest BCUT2D eigenvalue weighted by molar-refractivity contribution is -0.120. The van der Waals surface area contributed by atoms with Gasteiger partial charge in [-0.1, -0.05) is 18.2 Å². The molecule has 1 unspecified atom stereocenters. The fraction of sp³-hybridized carbons (Fsp3) is 0.385. The number of anilines is 1. The van der Waals surface area contributed by atoms with Gasteiger partial charge in [0.2, 0.25) is 0 Å². The van der Waals surface area contributed by atoms with Crippen LogP contribution >= 0.6 is 0 Å². The first-order chi connectivity index (χ1) is 15.4. The van der Waals surface area contributed by atoms with Gasteiger partial charge in [-0.15, -0.1) is 0 Å². The molecule has 2 aliphatic heterocycles. The summed E-state index contributed by atoms with van der Waals surface area (Å²) in [6.45, 7) is 7.82. The van der Waals surface area contributed by atoms with E-state index in [2.05, 4.69) is 0 Å². The van der Waals surface area contributed by atoms with Crippen LogP contribution in [0.5, 0.6) is 5.75 Å². The van der Waals surface area contributed by atoms with E-state index in [9.17, 15) is 14.7 Å². The third-order valence-electron chi connectivity index (χ3n) is 6.35. The van der Waals surface area contributed by atoms with E-state index in [0.717, 1.165) is 29.5 Å². The van der Waals surface area contributed by atoms with Crippen molar-refractivity contribution < 1.29 is 19.4 Å². The number of aliphatic hydroxyl groups is 1. The number of nitrogens with zero attached hydrogens (tertiary/aromatic N) is 2. The molecule has 4 rings (SSSR count). The summed E-state index contributed by atoms with van der Waals surface area (Å²) in [5, 5.41) is 9.70. The number of aliphatic hydroxyl groups excluding tert-OH is 1. The van der Waals surface area contributed by atoms with Crippen molar-refractivity contribution in [3.63, 3.8) is 0 Å². The van der Waals surface area contributed by atoms with Crippen LogP contribution in [0.1, 0.15) is 36.5 Å². The molecule has 0 bridgehead atoms. The molecule has 1 atom stereocenters. The predicted octanol–water partition coefficient (Wildman–Crippen LogP) is 3.69. The maximum absolute atomic E-state index is 13.7. The number of hydrogen-bond acceptors (Lipinski definition) is 5. The van der Waals surface area contributed by atoms with Gasteiger partial charge < -0.3 is 14.7 Å². The van der Waals surface area contributed by atoms with Crippen LogP contribution in [0.4, 0.5) is 5.69 Å². The van der Waals surface area contributed by atoms with Gasteiger partial charge in [-0.25, -0.2) is 4.90 Å². The smallest absolute Gasteiger partial charge is 0.282 e. The molecule has 1 N–H and O–H groups in total. The Morgan fingerprint density at radius 2 is 1.78 bits per heavy atom. The molecule has 0 aromatic heterocycles. The zero-order valence-electron chi connectivity index (χ0n) is 18.9. The third kappa shape index (κ3) is 4.02. The minimum atomic E-state index is -0.316. The Labute approximate surface area is 189 Å². The van der Waals surface area contributed by atoms with E-state index in [1.165, 1.54) is 4.90 Å². The molecule has 1 fully saturated rings. The Balaban J connectivity index is 1.78. The number of benzene rings is 2. The summed E-state index contributed by atoms with van der Waals surface area (Å²) in [5.41, 5.74) is 4.35. The first kappa shape index (κ1) is 22.1. The van der Waals surface area contributed by atoms with Gasteiger partial charge in [-0.2, -0.15) is 0 Å². The van der Waals surface area contributed by atoms with Crippen molar-refractivity contribution in [2.75, 3.05) is 31.2 Å². The van der Waals surface area contributed by atoms with Gasteiger partial charge >= 0.3 is 0 Å². The van der Waals surface area contributed by atoms with E-state index in [4.69, 9.17) is 4.74 Å². The van der Waals surface area contributed by atoms with Gasteiger partial charge in [-0.05, 0) is 80.5 Å². The van der Waals surface area contributed by atoms with Crippen molar-refractivity contribution in [1.29, 1.82) is 0 Å². The van der Waals surface area contributed by atoms with Crippen LogP contribution in [0.25, 0.3) is 5.57 Å². The van der Waals surface area contributed by atoms with E-state index < -0.39 is 0 Å². The molecular formula is C26H30N2O4. The number of carbonyl (C=O) groups is 2. The fourth-order valence-corrected chi connectivity index (χ4v) is 4.48. The highest BCUT2D eigenvalue weighted by atomic mass is 16.5. The molecule has 168 valence electrons. The predicted molar refractivity (Wildman–Crippen MR) is 124 cm³/mol. The van der Waals surface area contributed by atoms with Crippen molar-refractivity contribution in [2.45, 2.75) is 33.6 Å². The Hall–Kier alpha value is -3.12. The highest BCUT2D eigenvalue weighted by Gasteiger charge is 2.43. The number of rotatable bonds is 6. The van der Waals surface area contributed by atoms with Gasteiger partial charge in [0, 0.05) is 19.7 Å². The van der Waals surface area contributed by atoms with Crippen LogP contribution in [0.15, 0.2) is 48.2 Å². The van der Waals surface area contributed by atoms with Crippen molar-refractivity contribution in [2.24, 2.45) is 5.92 Å². The number of piperidine rings is 1. The van der Waals surface area contributed by atoms with Gasteiger partial charge in [0.25, 0.3) is 11.8 Å². The second-order valence-electron chi connectivity index (χ2n) is 8.53. The fourth-order valence-electron chi connectivity index (χ4n) is 4.48. The van der Waals surface area contributed by atoms with E-state index >= 15 is 0 Å². The van der Waals surface area contributed by atoms with Crippen LogP contribution in [0.2, 0.25) is 0 Å². The van der Waals surface area contributed by atoms with Crippen LogP contribution < -0.4 is 9.64 Å². The largest absolute Gasteiger partial charge is 0.494 e. The average Bonchev–Trinajstić information content (AvgIpc) is 3.06. The summed E-state index contributed by atoms with van der Waals surface area (Å²) < 4.78 is 5.50. The zero-order valence-corrected chi connectivity index (χ0v) is 18.9. The van der Waals surface area contributed by atoms with Crippen LogP contribution in [0, 0.1) is 19.8 Å². The Bertz CT molecular complexity index is 1060. The molecule has 2 heterocycles. The number of ether oxygens (including phenoxy) is 1. The number of carbonyl (C=O) groups excluding carboxylic acids is 2. The molecule has 2 aromatic carbocycles. The molecule has 32 heavy (non-hydrogen) atoms. The first-order valence-corrected chi connectivity index (χ1v) is 11.2. The second-order valence-corrected chi connectivity index (χ2v) is 8.53. The number of amides is 2. The summed E-state index contributed by atoms with van der Waals surface area (Å²) in [6, 6.07) is 12.9. The Morgan fingerprint density at radius 1 is 1.03 bits per heavy atom. The molecule has 0 radical (unpaired) electrons. The third-order valence-corrected chi connectivity index (χ3v) is 6.35. The van der Waals surface area contributed by atoms with Crippen LogP contribution in [-0.4, -0.2) is 48.1 Å². The van der Waals surface area contributed by atoms with Gasteiger partial charge in [-0.3, -0.25) is 9.59 Å². The molecule has 2 aromatic rings. The normalized spacial score (nSPS) is 19.2. The number of hydrogen-bond donors (Lipinski definition) is 1. The minimum Gasteiger partial charge on any atom is -0.494 e. The Morgan fingerprint density at radius 3 is 2.44 bits per heavy atom. The highest BCUT2D eigenvalue weighted by molar-refractivity contribution is 6.45. The van der Waals surface area contributed by atoms with Gasteiger partial charge in [0.1, 0.15) is 11.4 Å². The molecule has 6 heteroatoms. The SMILES string of the molecule is CCOc1ccc(N2C(=O)C(c3ccc(C)c(C)c3)=C(N3CCCC(CO)C3)C2=O)cc1. The standard InChI is InChI=1S/C26H30N2O4/c1-4-32-22-11-9-21(10-12-22)28-25(30)23(20-8-7-17(2)18(3)14-20)24(26(28)31)27-13-5-6-19(15-27)16-29/h7-12,14,19,29H,4-6,13,15-16H2,1-3H3. The monoisotopic (exact) mass is 434 g/mol. The van der Waals surface area contributed by atoms with Crippen LogP contribution in [-0.2, 0) is 9.59 Å². The van der Waals surface area contributed by atoms with Crippen LogP contribution in [0.3, 0.4) is 0 Å². The molecule has 6 nitrogen and oxygen atoms in total. The van der Waals surface area contributed by atoms with Crippen molar-refractivity contribution >= 4 is 23.1 Å². The average molecular weight is 435 g/mol.